The summed E-state index contributed by atoms with van der Waals surface area (Å²) in [6, 6.07) is 8.76. The van der Waals surface area contributed by atoms with Crippen LogP contribution in [-0.4, -0.2) is 101 Å². The lowest BCUT2D eigenvalue weighted by molar-refractivity contribution is -0.139. The van der Waals surface area contributed by atoms with Crippen molar-refractivity contribution in [1.29, 1.82) is 0 Å². The van der Waals surface area contributed by atoms with E-state index in [2.05, 4.69) is 22.5 Å². The Kier molecular flexibility index (Phi) is 8.62. The molecule has 6 atom stereocenters. The summed E-state index contributed by atoms with van der Waals surface area (Å²) in [7, 11) is 0. The van der Waals surface area contributed by atoms with E-state index in [0.29, 0.717) is 32.7 Å². The Labute approximate surface area is 229 Å². The van der Waals surface area contributed by atoms with E-state index in [1.165, 1.54) is 0 Å². The lowest BCUT2D eigenvalue weighted by Gasteiger charge is -2.38. The molecule has 3 unspecified atom stereocenters. The quantitative estimate of drug-likeness (QED) is 0.363. The molecule has 10 heteroatoms. The summed E-state index contributed by atoms with van der Waals surface area (Å²) >= 11 is 1.70. The van der Waals surface area contributed by atoms with Gasteiger partial charge < -0.3 is 25.4 Å². The smallest absolute Gasteiger partial charge is 0.244 e. The molecule has 1 aromatic carbocycles. The zero-order chi connectivity index (χ0) is 26.7. The van der Waals surface area contributed by atoms with Gasteiger partial charge in [0.25, 0.3) is 0 Å². The van der Waals surface area contributed by atoms with Crippen molar-refractivity contribution >= 4 is 35.2 Å². The van der Waals surface area contributed by atoms with Gasteiger partial charge in [0, 0.05) is 50.3 Å². The van der Waals surface area contributed by atoms with Crippen LogP contribution in [0.4, 0.5) is 5.69 Å². The Morgan fingerprint density at radius 3 is 2.61 bits per heavy atom. The molecule has 0 aliphatic carbocycles. The van der Waals surface area contributed by atoms with E-state index in [-0.39, 0.29) is 35.5 Å². The minimum atomic E-state index is -0.611. The summed E-state index contributed by atoms with van der Waals surface area (Å²) in [5, 5.41) is 15.4. The molecule has 4 fully saturated rings. The number of anilines is 1. The van der Waals surface area contributed by atoms with Crippen molar-refractivity contribution in [1.82, 2.24) is 15.1 Å². The number of aliphatic hydroxyl groups excluding tert-OH is 1. The fourth-order valence-electron chi connectivity index (χ4n) is 6.94. The zero-order valence-corrected chi connectivity index (χ0v) is 23.0. The van der Waals surface area contributed by atoms with Crippen molar-refractivity contribution in [2.75, 3.05) is 57.9 Å². The molecular weight excluding hydrogens is 504 g/mol. The normalized spacial score (nSPS) is 32.4. The number of likely N-dealkylation sites (tertiary alicyclic amines) is 1. The number of ether oxygens (including phenoxy) is 1. The first kappa shape index (κ1) is 27.4. The van der Waals surface area contributed by atoms with Gasteiger partial charge in [-0.1, -0.05) is 25.1 Å². The zero-order valence-electron chi connectivity index (χ0n) is 22.1. The van der Waals surface area contributed by atoms with Crippen LogP contribution in [0.15, 0.2) is 30.3 Å². The molecular formula is C28H40N4O5S. The van der Waals surface area contributed by atoms with Crippen molar-refractivity contribution in [3.05, 3.63) is 30.3 Å². The largest absolute Gasteiger partial charge is 0.396 e. The molecule has 1 aromatic rings. The molecule has 5 rings (SSSR count). The molecule has 4 aliphatic heterocycles. The number of rotatable bonds is 11. The lowest BCUT2D eigenvalue weighted by Crippen LogP contribution is -2.57. The topological polar surface area (TPSA) is 111 Å². The third-order valence-electron chi connectivity index (χ3n) is 8.73. The van der Waals surface area contributed by atoms with Crippen LogP contribution in [0.2, 0.25) is 0 Å². The molecule has 3 N–H and O–H groups in total. The fraction of sp³-hybridized carbons (Fsp3) is 0.679. The van der Waals surface area contributed by atoms with E-state index in [4.69, 9.17) is 4.74 Å². The first-order valence-electron chi connectivity index (χ1n) is 14.0. The van der Waals surface area contributed by atoms with E-state index >= 15 is 0 Å². The monoisotopic (exact) mass is 544 g/mol. The van der Waals surface area contributed by atoms with E-state index in [0.717, 1.165) is 44.6 Å². The summed E-state index contributed by atoms with van der Waals surface area (Å²) in [4.78, 5) is 45.6. The third kappa shape index (κ3) is 5.08. The first-order valence-corrected chi connectivity index (χ1v) is 14.9. The van der Waals surface area contributed by atoms with Gasteiger partial charge in [-0.15, -0.1) is 11.8 Å². The Morgan fingerprint density at radius 1 is 1.11 bits per heavy atom. The highest BCUT2D eigenvalue weighted by atomic mass is 32.2. The van der Waals surface area contributed by atoms with Crippen LogP contribution < -0.4 is 10.6 Å². The fourth-order valence-corrected chi connectivity index (χ4v) is 9.36. The summed E-state index contributed by atoms with van der Waals surface area (Å²) in [6.07, 6.45) is 2.99. The molecule has 4 heterocycles. The molecule has 208 valence electrons. The van der Waals surface area contributed by atoms with Gasteiger partial charge in [-0.2, -0.15) is 0 Å². The maximum absolute atomic E-state index is 14.1. The SMILES string of the molecule is CC1C[C@@H]2SC13C(C(=O)NCCN1CCOCC1)N(CCCCCO)C(=O)[C@@H]3[C@@H]2C(=O)Nc1ccccc1. The van der Waals surface area contributed by atoms with Crippen molar-refractivity contribution in [3.63, 3.8) is 0 Å². The molecule has 3 amide bonds. The molecule has 0 radical (unpaired) electrons. The van der Waals surface area contributed by atoms with Gasteiger partial charge in [-0.25, -0.2) is 0 Å². The van der Waals surface area contributed by atoms with Gasteiger partial charge in [0.2, 0.25) is 17.7 Å². The van der Waals surface area contributed by atoms with Crippen LogP contribution in [0.25, 0.3) is 0 Å². The number of carbonyl (C=O) groups is 3. The maximum atomic E-state index is 14.1. The van der Waals surface area contributed by atoms with Crippen LogP contribution in [0, 0.1) is 17.8 Å². The number of benzene rings is 1. The van der Waals surface area contributed by atoms with E-state index in [1.807, 2.05) is 30.3 Å². The highest BCUT2D eigenvalue weighted by Gasteiger charge is 2.75. The Balaban J connectivity index is 1.36. The van der Waals surface area contributed by atoms with Crippen LogP contribution in [-0.2, 0) is 19.1 Å². The molecule has 0 saturated carbocycles. The lowest BCUT2D eigenvalue weighted by atomic mass is 9.66. The van der Waals surface area contributed by atoms with E-state index < -0.39 is 22.6 Å². The van der Waals surface area contributed by atoms with Crippen LogP contribution in [0.5, 0.6) is 0 Å². The minimum absolute atomic E-state index is 0.0165. The van der Waals surface area contributed by atoms with Gasteiger partial charge >= 0.3 is 0 Å². The average Bonchev–Trinajstić information content (AvgIpc) is 3.51. The Hall–Kier alpha value is -2.14. The Morgan fingerprint density at radius 2 is 1.87 bits per heavy atom. The van der Waals surface area contributed by atoms with Crippen molar-refractivity contribution < 1.29 is 24.2 Å². The first-order chi connectivity index (χ1) is 18.5. The predicted octanol–water partition coefficient (Wildman–Crippen LogP) is 1.57. The summed E-state index contributed by atoms with van der Waals surface area (Å²) in [5.74, 6) is -1.15. The molecule has 2 bridgehead atoms. The molecule has 4 aliphatic rings. The molecule has 9 nitrogen and oxygen atoms in total. The number of carbonyl (C=O) groups excluding carboxylic acids is 3. The maximum Gasteiger partial charge on any atom is 0.244 e. The number of fused-ring (bicyclic) bond motifs is 1. The van der Waals surface area contributed by atoms with Crippen LogP contribution >= 0.6 is 11.8 Å². The second kappa shape index (κ2) is 11.9. The highest BCUT2D eigenvalue weighted by Crippen LogP contribution is 2.68. The Bertz CT molecular complexity index is 1010. The second-order valence-corrected chi connectivity index (χ2v) is 12.5. The van der Waals surface area contributed by atoms with Crippen molar-refractivity contribution in [3.8, 4) is 0 Å². The number of hydrogen-bond acceptors (Lipinski definition) is 7. The third-order valence-corrected chi connectivity index (χ3v) is 10.8. The van der Waals surface area contributed by atoms with Crippen LogP contribution in [0.3, 0.4) is 0 Å². The van der Waals surface area contributed by atoms with Crippen LogP contribution in [0.1, 0.15) is 32.6 Å². The highest BCUT2D eigenvalue weighted by molar-refractivity contribution is 8.02. The van der Waals surface area contributed by atoms with Gasteiger partial charge in [-0.3, -0.25) is 19.3 Å². The number of amides is 3. The number of para-hydroxylation sites is 1. The predicted molar refractivity (Wildman–Crippen MR) is 147 cm³/mol. The van der Waals surface area contributed by atoms with Gasteiger partial charge in [-0.05, 0) is 43.7 Å². The molecule has 4 saturated heterocycles. The number of unbranched alkanes of at least 4 members (excludes halogenated alkanes) is 2. The standard InChI is InChI=1S/C28H40N4O5S/c1-19-18-21-22(25(34)30-20-8-4-2-5-9-20)23-27(36)32(11-6-3-7-15-33)24(28(19,23)38-21)26(35)29-10-12-31-13-16-37-17-14-31/h2,4-5,8-9,19,21-24,33H,3,6-7,10-18H2,1H3,(H,29,35)(H,30,34)/t19?,21-,22+,23-,24?,28?/m0/s1. The van der Waals surface area contributed by atoms with Gasteiger partial charge in [0.05, 0.1) is 29.8 Å². The molecule has 0 aromatic heterocycles. The number of hydrogen-bond donors (Lipinski definition) is 3. The number of nitrogens with one attached hydrogen (secondary N) is 2. The summed E-state index contributed by atoms with van der Waals surface area (Å²) in [5.41, 5.74) is 0.719. The van der Waals surface area contributed by atoms with Crippen molar-refractivity contribution in [2.45, 2.75) is 48.6 Å². The number of nitrogens with zero attached hydrogens (tertiary/aromatic N) is 2. The molecule has 1 spiro atoms. The van der Waals surface area contributed by atoms with E-state index in [1.54, 1.807) is 16.7 Å². The summed E-state index contributed by atoms with van der Waals surface area (Å²) < 4.78 is 4.81. The second-order valence-electron chi connectivity index (χ2n) is 11.0. The average molecular weight is 545 g/mol. The van der Waals surface area contributed by atoms with Gasteiger partial charge in [0.1, 0.15) is 6.04 Å². The minimum Gasteiger partial charge on any atom is -0.396 e. The molecule has 38 heavy (non-hydrogen) atoms. The van der Waals surface area contributed by atoms with Gasteiger partial charge in [0.15, 0.2) is 0 Å². The van der Waals surface area contributed by atoms with Crippen molar-refractivity contribution in [2.24, 2.45) is 17.8 Å². The number of morpholine rings is 1. The van der Waals surface area contributed by atoms with E-state index in [9.17, 15) is 19.5 Å². The summed E-state index contributed by atoms with van der Waals surface area (Å²) in [6.45, 7) is 7.10. The number of thioether (sulfide) groups is 1. The number of aliphatic hydroxyl groups is 1.